The molecule has 0 aliphatic heterocycles. The summed E-state index contributed by atoms with van der Waals surface area (Å²) >= 11 is 10.6. The van der Waals surface area contributed by atoms with Crippen LogP contribution in [0.3, 0.4) is 0 Å². The van der Waals surface area contributed by atoms with E-state index in [1.807, 2.05) is 11.4 Å². The van der Waals surface area contributed by atoms with Crippen LogP contribution in [0.5, 0.6) is 0 Å². The number of thiophene rings is 1. The third-order valence-electron chi connectivity index (χ3n) is 2.75. The number of hydrogen-bond acceptors (Lipinski definition) is 4. The van der Waals surface area contributed by atoms with Crippen molar-refractivity contribution >= 4 is 50.5 Å². The van der Waals surface area contributed by atoms with Crippen LogP contribution < -0.4 is 0 Å². The molecule has 0 atom stereocenters. The van der Waals surface area contributed by atoms with Crippen molar-refractivity contribution in [3.8, 4) is 0 Å². The van der Waals surface area contributed by atoms with E-state index in [0.29, 0.717) is 6.54 Å². The SMILES string of the molecule is CN(Cc1cc(Br)cs1)C(=O)c1ccc(Cl)cc1[N+](=O)[O-]. The van der Waals surface area contributed by atoms with E-state index in [1.54, 1.807) is 7.05 Å². The summed E-state index contributed by atoms with van der Waals surface area (Å²) in [5, 5.41) is 13.2. The molecule has 1 aromatic carbocycles. The molecular weight excluding hydrogens is 380 g/mol. The summed E-state index contributed by atoms with van der Waals surface area (Å²) in [5.74, 6) is -0.414. The van der Waals surface area contributed by atoms with Gasteiger partial charge < -0.3 is 4.90 Å². The number of carbonyl (C=O) groups excluding carboxylic acids is 1. The second kappa shape index (κ2) is 6.55. The zero-order valence-corrected chi connectivity index (χ0v) is 14.0. The van der Waals surface area contributed by atoms with E-state index < -0.39 is 10.8 Å². The van der Waals surface area contributed by atoms with Crippen molar-refractivity contribution in [2.24, 2.45) is 0 Å². The molecule has 2 rings (SSSR count). The molecule has 0 saturated heterocycles. The molecule has 8 heteroatoms. The first kappa shape index (κ1) is 15.9. The van der Waals surface area contributed by atoms with Gasteiger partial charge in [-0.15, -0.1) is 11.3 Å². The molecule has 5 nitrogen and oxygen atoms in total. The van der Waals surface area contributed by atoms with E-state index in [1.165, 1.54) is 34.4 Å². The summed E-state index contributed by atoms with van der Waals surface area (Å²) in [6.07, 6.45) is 0. The van der Waals surface area contributed by atoms with Crippen LogP contribution in [0.25, 0.3) is 0 Å². The first-order chi connectivity index (χ1) is 9.88. The number of rotatable bonds is 4. The minimum Gasteiger partial charge on any atom is -0.336 e. The zero-order chi connectivity index (χ0) is 15.6. The van der Waals surface area contributed by atoms with Crippen LogP contribution >= 0.6 is 38.9 Å². The van der Waals surface area contributed by atoms with Gasteiger partial charge in [0.2, 0.25) is 0 Å². The molecule has 0 saturated carbocycles. The highest BCUT2D eigenvalue weighted by Crippen LogP contribution is 2.26. The lowest BCUT2D eigenvalue weighted by molar-refractivity contribution is -0.385. The zero-order valence-electron chi connectivity index (χ0n) is 10.9. The van der Waals surface area contributed by atoms with Gasteiger partial charge in [-0.05, 0) is 34.1 Å². The van der Waals surface area contributed by atoms with Crippen LogP contribution in [-0.2, 0) is 6.54 Å². The van der Waals surface area contributed by atoms with Crippen molar-refractivity contribution in [1.82, 2.24) is 4.90 Å². The molecule has 110 valence electrons. The molecule has 0 radical (unpaired) electrons. The van der Waals surface area contributed by atoms with Gasteiger partial charge in [-0.3, -0.25) is 14.9 Å². The van der Waals surface area contributed by atoms with Crippen LogP contribution in [0.1, 0.15) is 15.2 Å². The lowest BCUT2D eigenvalue weighted by Crippen LogP contribution is -2.26. The first-order valence-electron chi connectivity index (χ1n) is 5.81. The Morgan fingerprint density at radius 2 is 2.19 bits per heavy atom. The Bertz CT molecular complexity index is 704. The van der Waals surface area contributed by atoms with Crippen LogP contribution in [0.4, 0.5) is 5.69 Å². The van der Waals surface area contributed by atoms with Gasteiger partial charge in [0.05, 0.1) is 11.5 Å². The minimum absolute atomic E-state index is 0.0301. The fourth-order valence-corrected chi connectivity index (χ4v) is 3.45. The molecule has 2 aromatic rings. The van der Waals surface area contributed by atoms with Crippen LogP contribution in [0.15, 0.2) is 34.1 Å². The van der Waals surface area contributed by atoms with Gasteiger partial charge in [0.15, 0.2) is 0 Å². The Hall–Kier alpha value is -1.44. The van der Waals surface area contributed by atoms with Gasteiger partial charge in [-0.2, -0.15) is 0 Å². The maximum atomic E-state index is 12.4. The smallest absolute Gasteiger partial charge is 0.283 e. The summed E-state index contributed by atoms with van der Waals surface area (Å²) in [6, 6.07) is 5.94. The fourth-order valence-electron chi connectivity index (χ4n) is 1.78. The van der Waals surface area contributed by atoms with Gasteiger partial charge in [0, 0.05) is 32.9 Å². The molecule has 0 unspecified atom stereocenters. The van der Waals surface area contributed by atoms with E-state index in [9.17, 15) is 14.9 Å². The van der Waals surface area contributed by atoms with Gasteiger partial charge in [-0.25, -0.2) is 0 Å². The third-order valence-corrected chi connectivity index (χ3v) is 4.67. The van der Waals surface area contributed by atoms with Gasteiger partial charge in [-0.1, -0.05) is 11.6 Å². The van der Waals surface area contributed by atoms with Crippen molar-refractivity contribution in [3.63, 3.8) is 0 Å². The predicted octanol–water partition coefficient (Wildman–Crippen LogP) is 4.34. The number of carbonyl (C=O) groups is 1. The van der Waals surface area contributed by atoms with E-state index >= 15 is 0 Å². The molecule has 0 fully saturated rings. The highest BCUT2D eigenvalue weighted by molar-refractivity contribution is 9.10. The number of amides is 1. The molecule has 0 N–H and O–H groups in total. The van der Waals surface area contributed by atoms with E-state index in [4.69, 9.17) is 11.6 Å². The second-order valence-electron chi connectivity index (χ2n) is 4.31. The monoisotopic (exact) mass is 388 g/mol. The molecule has 1 amide bonds. The number of nitro benzene ring substituents is 1. The topological polar surface area (TPSA) is 63.5 Å². The summed E-state index contributed by atoms with van der Waals surface area (Å²) in [6.45, 7) is 0.384. The largest absolute Gasteiger partial charge is 0.336 e. The molecule has 0 bridgehead atoms. The molecule has 21 heavy (non-hydrogen) atoms. The minimum atomic E-state index is -0.602. The molecule has 1 aromatic heterocycles. The maximum Gasteiger partial charge on any atom is 0.283 e. The van der Waals surface area contributed by atoms with Gasteiger partial charge in [0.1, 0.15) is 5.56 Å². The van der Waals surface area contributed by atoms with Crippen LogP contribution in [-0.4, -0.2) is 22.8 Å². The number of halogens is 2. The van der Waals surface area contributed by atoms with Gasteiger partial charge >= 0.3 is 0 Å². The highest BCUT2D eigenvalue weighted by Gasteiger charge is 2.23. The molecule has 0 aliphatic rings. The van der Waals surface area contributed by atoms with Crippen LogP contribution in [0, 0.1) is 10.1 Å². The van der Waals surface area contributed by atoms with Crippen molar-refractivity contribution in [2.75, 3.05) is 7.05 Å². The summed E-state index contributed by atoms with van der Waals surface area (Å²) in [4.78, 5) is 25.2. The van der Waals surface area contributed by atoms with E-state index in [0.717, 1.165) is 9.35 Å². The Labute approximate surface area is 138 Å². The predicted molar refractivity (Wildman–Crippen MR) is 85.9 cm³/mol. The molecule has 0 aliphatic carbocycles. The average Bonchev–Trinajstić information content (AvgIpc) is 2.83. The standard InChI is InChI=1S/C13H10BrClN2O3S/c1-16(6-10-4-8(14)7-21-10)13(18)11-3-2-9(15)5-12(11)17(19)20/h2-5,7H,6H2,1H3. The summed E-state index contributed by atoms with van der Waals surface area (Å²) in [7, 11) is 1.61. The van der Waals surface area contributed by atoms with Gasteiger partial charge in [0.25, 0.3) is 11.6 Å². The Morgan fingerprint density at radius 1 is 1.48 bits per heavy atom. The molecular formula is C13H10BrClN2O3S. The lowest BCUT2D eigenvalue weighted by Gasteiger charge is -2.16. The van der Waals surface area contributed by atoms with E-state index in [-0.39, 0.29) is 16.3 Å². The Kier molecular flexibility index (Phi) is 4.97. The van der Waals surface area contributed by atoms with Crippen molar-refractivity contribution in [1.29, 1.82) is 0 Å². The van der Waals surface area contributed by atoms with Crippen LogP contribution in [0.2, 0.25) is 5.02 Å². The lowest BCUT2D eigenvalue weighted by atomic mass is 10.1. The van der Waals surface area contributed by atoms with Crippen molar-refractivity contribution < 1.29 is 9.72 Å². The summed E-state index contributed by atoms with van der Waals surface area (Å²) < 4.78 is 0.945. The Balaban J connectivity index is 2.25. The molecule has 0 spiro atoms. The number of benzene rings is 1. The number of hydrogen-bond donors (Lipinski definition) is 0. The second-order valence-corrected chi connectivity index (χ2v) is 6.66. The molecule has 1 heterocycles. The maximum absolute atomic E-state index is 12.4. The summed E-state index contributed by atoms with van der Waals surface area (Å²) in [5.41, 5.74) is -0.255. The third kappa shape index (κ3) is 3.81. The first-order valence-corrected chi connectivity index (χ1v) is 7.86. The average molecular weight is 390 g/mol. The Morgan fingerprint density at radius 3 is 2.76 bits per heavy atom. The van der Waals surface area contributed by atoms with Crippen molar-refractivity contribution in [2.45, 2.75) is 6.54 Å². The highest BCUT2D eigenvalue weighted by atomic mass is 79.9. The normalized spacial score (nSPS) is 10.4. The number of nitro groups is 1. The fraction of sp³-hybridized carbons (Fsp3) is 0.154. The van der Waals surface area contributed by atoms with E-state index in [2.05, 4.69) is 15.9 Å². The number of nitrogens with zero attached hydrogens (tertiary/aromatic N) is 2. The quantitative estimate of drug-likeness (QED) is 0.577. The van der Waals surface area contributed by atoms with Crippen molar-refractivity contribution in [3.05, 3.63) is 59.7 Å².